The first kappa shape index (κ1) is 25.4. The van der Waals surface area contributed by atoms with Crippen molar-refractivity contribution < 1.29 is 28.7 Å². The Kier molecular flexibility index (Phi) is 9.63. The second-order valence-electron chi connectivity index (χ2n) is 8.37. The molecule has 2 N–H and O–H groups in total. The van der Waals surface area contributed by atoms with E-state index in [1.54, 1.807) is 48.5 Å². The average molecular weight is 396 g/mol. The third kappa shape index (κ3) is 9.89. The van der Waals surface area contributed by atoms with Crippen molar-refractivity contribution in [3.63, 3.8) is 0 Å². The number of allylic oxidation sites excluding steroid dienone is 1. The maximum atomic E-state index is 12.5. The molecule has 0 saturated carbocycles. The minimum Gasteiger partial charge on any atom is -0.443 e. The highest BCUT2D eigenvalue weighted by Crippen LogP contribution is 2.18. The highest BCUT2D eigenvalue weighted by atomic mass is 16.6. The Bertz CT molecular complexity index is 610. The van der Waals surface area contributed by atoms with Gasteiger partial charge in [0.25, 0.3) is 0 Å². The number of nitrogens with two attached hydrogens (primary N) is 1. The second kappa shape index (κ2) is 10.6. The largest absolute Gasteiger partial charge is 0.443 e. The van der Waals surface area contributed by atoms with E-state index in [2.05, 4.69) is 0 Å². The number of rotatable bonds is 7. The molecule has 0 fully saturated rings. The lowest BCUT2D eigenvalue weighted by Gasteiger charge is -2.29. The van der Waals surface area contributed by atoms with Gasteiger partial charge in [0.2, 0.25) is 0 Å². The highest BCUT2D eigenvalue weighted by molar-refractivity contribution is 5.89. The molecule has 158 valence electrons. The van der Waals surface area contributed by atoms with Crippen molar-refractivity contribution in [2.45, 2.75) is 66.1 Å². The van der Waals surface area contributed by atoms with E-state index in [0.29, 0.717) is 12.7 Å². The number of aldehydes is 2. The lowest BCUT2D eigenvalue weighted by atomic mass is 10.0. The Morgan fingerprint density at radius 2 is 1.46 bits per heavy atom. The summed E-state index contributed by atoms with van der Waals surface area (Å²) in [5, 5.41) is 0. The molecule has 0 spiro atoms. The van der Waals surface area contributed by atoms with Gasteiger partial charge in [-0.2, -0.15) is 0 Å². The van der Waals surface area contributed by atoms with Crippen molar-refractivity contribution in [1.82, 2.24) is 4.90 Å². The first-order valence-electron chi connectivity index (χ1n) is 8.99. The van der Waals surface area contributed by atoms with Crippen LogP contribution in [-0.2, 0) is 19.1 Å². The lowest BCUT2D eigenvalue weighted by molar-refractivity contribution is -0.110. The zero-order chi connectivity index (χ0) is 22.1. The molecule has 0 aromatic carbocycles. The van der Waals surface area contributed by atoms with Gasteiger partial charge in [0, 0.05) is 11.5 Å². The molecular weight excluding hydrogens is 364 g/mol. The fourth-order valence-electron chi connectivity index (χ4n) is 1.87. The summed E-state index contributed by atoms with van der Waals surface area (Å²) in [6, 6.07) is 0. The van der Waals surface area contributed by atoms with Crippen LogP contribution in [0, 0.1) is 5.92 Å². The molecule has 0 aliphatic carbocycles. The molecule has 0 aliphatic rings. The van der Waals surface area contributed by atoms with Crippen molar-refractivity contribution in [1.29, 1.82) is 0 Å². The van der Waals surface area contributed by atoms with Gasteiger partial charge in [0.15, 0.2) is 0 Å². The fourth-order valence-corrected chi connectivity index (χ4v) is 1.87. The summed E-state index contributed by atoms with van der Waals surface area (Å²) >= 11 is 0. The summed E-state index contributed by atoms with van der Waals surface area (Å²) in [6.07, 6.45) is 2.45. The Morgan fingerprint density at radius 1 is 1.00 bits per heavy atom. The van der Waals surface area contributed by atoms with Crippen LogP contribution in [0.4, 0.5) is 9.59 Å². The van der Waals surface area contributed by atoms with E-state index in [4.69, 9.17) is 15.2 Å². The summed E-state index contributed by atoms with van der Waals surface area (Å²) < 4.78 is 10.5. The minimum atomic E-state index is -0.924. The molecule has 0 radical (unpaired) electrons. The number of hydrogen-bond donors (Lipinski definition) is 1. The van der Waals surface area contributed by atoms with Crippen LogP contribution < -0.4 is 5.73 Å². The van der Waals surface area contributed by atoms with E-state index in [1.165, 1.54) is 6.08 Å². The quantitative estimate of drug-likeness (QED) is 0.398. The van der Waals surface area contributed by atoms with Gasteiger partial charge in [-0.1, -0.05) is 13.0 Å². The molecule has 8 nitrogen and oxygen atoms in total. The Labute approximate surface area is 166 Å². The summed E-state index contributed by atoms with van der Waals surface area (Å²) in [7, 11) is 0. The first-order valence-corrected chi connectivity index (χ1v) is 8.99. The standard InChI is InChI=1S/C20H32N2O6/c1-14(12-23)8-9-15(13-24)16(10-21)11-22(17(25)27-19(2,3)4)18(26)28-20(5,6)7/h9-10,12-14H,8,11,21H2,1-7H3/b15-9+,16-10-/t14-/m0/s1. The minimum absolute atomic E-state index is 0.174. The predicted molar refractivity (Wildman–Crippen MR) is 105 cm³/mol. The third-order valence-corrected chi connectivity index (χ3v) is 3.20. The Morgan fingerprint density at radius 3 is 1.79 bits per heavy atom. The number of imide groups is 1. The van der Waals surface area contributed by atoms with Crippen LogP contribution in [0.25, 0.3) is 0 Å². The van der Waals surface area contributed by atoms with Gasteiger partial charge in [0.1, 0.15) is 23.8 Å². The molecule has 8 heteroatoms. The van der Waals surface area contributed by atoms with Crippen LogP contribution >= 0.6 is 0 Å². The Balaban J connectivity index is 5.74. The zero-order valence-corrected chi connectivity index (χ0v) is 17.8. The van der Waals surface area contributed by atoms with E-state index in [-0.39, 0.29) is 23.6 Å². The van der Waals surface area contributed by atoms with E-state index in [9.17, 15) is 19.2 Å². The molecule has 0 rings (SSSR count). The summed E-state index contributed by atoms with van der Waals surface area (Å²) in [5.74, 6) is -0.290. The van der Waals surface area contributed by atoms with Crippen molar-refractivity contribution >= 4 is 24.8 Å². The molecule has 0 saturated heterocycles. The number of carbonyl (C=O) groups is 4. The molecule has 1 atom stereocenters. The van der Waals surface area contributed by atoms with Crippen molar-refractivity contribution in [3.05, 3.63) is 23.4 Å². The number of hydrogen-bond acceptors (Lipinski definition) is 7. The summed E-state index contributed by atoms with van der Waals surface area (Å²) in [4.78, 5) is 48.1. The summed E-state index contributed by atoms with van der Waals surface area (Å²) in [5.41, 5.74) is 4.35. The summed E-state index contributed by atoms with van der Waals surface area (Å²) in [6.45, 7) is 11.4. The molecule has 28 heavy (non-hydrogen) atoms. The van der Waals surface area contributed by atoms with Crippen LogP contribution in [0.15, 0.2) is 23.4 Å². The number of nitrogens with zero attached hydrogens (tertiary/aromatic N) is 1. The smallest absolute Gasteiger partial charge is 0.420 e. The van der Waals surface area contributed by atoms with Gasteiger partial charge in [-0.3, -0.25) is 4.79 Å². The van der Waals surface area contributed by atoms with Gasteiger partial charge in [0.05, 0.1) is 6.54 Å². The van der Waals surface area contributed by atoms with Gasteiger partial charge in [-0.15, -0.1) is 0 Å². The van der Waals surface area contributed by atoms with Crippen LogP contribution in [0.5, 0.6) is 0 Å². The molecule has 0 aromatic heterocycles. The molecular formula is C20H32N2O6. The SMILES string of the molecule is C[C@H](C=O)C/C=C(C=O)/C(=C\N)CN(C(=O)OC(C)(C)C)C(=O)OC(C)(C)C. The van der Waals surface area contributed by atoms with Gasteiger partial charge < -0.3 is 20.0 Å². The van der Waals surface area contributed by atoms with Crippen molar-refractivity contribution in [3.8, 4) is 0 Å². The zero-order valence-electron chi connectivity index (χ0n) is 17.8. The van der Waals surface area contributed by atoms with E-state index in [0.717, 1.165) is 17.4 Å². The third-order valence-electron chi connectivity index (χ3n) is 3.20. The molecule has 0 bridgehead atoms. The predicted octanol–water partition coefficient (Wildman–Crippen LogP) is 3.35. The van der Waals surface area contributed by atoms with E-state index in [1.807, 2.05) is 0 Å². The molecule has 0 unspecified atom stereocenters. The van der Waals surface area contributed by atoms with E-state index >= 15 is 0 Å². The molecule has 0 heterocycles. The maximum absolute atomic E-state index is 12.5. The average Bonchev–Trinajstić information content (AvgIpc) is 2.53. The van der Waals surface area contributed by atoms with Crippen molar-refractivity contribution in [2.24, 2.45) is 11.7 Å². The van der Waals surface area contributed by atoms with Gasteiger partial charge in [-0.05, 0) is 59.7 Å². The molecule has 0 aromatic rings. The highest BCUT2D eigenvalue weighted by Gasteiger charge is 2.32. The topological polar surface area (TPSA) is 116 Å². The number of ether oxygens (including phenoxy) is 2. The fraction of sp³-hybridized carbons (Fsp3) is 0.600. The second-order valence-corrected chi connectivity index (χ2v) is 8.37. The van der Waals surface area contributed by atoms with Crippen molar-refractivity contribution in [2.75, 3.05) is 6.54 Å². The van der Waals surface area contributed by atoms with Crippen LogP contribution in [0.1, 0.15) is 54.9 Å². The molecule has 2 amide bonds. The molecule has 0 aliphatic heterocycles. The van der Waals surface area contributed by atoms with E-state index < -0.39 is 23.4 Å². The van der Waals surface area contributed by atoms with Crippen LogP contribution in [0.2, 0.25) is 0 Å². The van der Waals surface area contributed by atoms with Gasteiger partial charge >= 0.3 is 12.2 Å². The monoisotopic (exact) mass is 396 g/mol. The number of amides is 2. The van der Waals surface area contributed by atoms with Crippen LogP contribution in [0.3, 0.4) is 0 Å². The van der Waals surface area contributed by atoms with Crippen LogP contribution in [-0.4, -0.2) is 47.4 Å². The Hall–Kier alpha value is -2.64. The first-order chi connectivity index (χ1) is 12.7. The maximum Gasteiger partial charge on any atom is 0.420 e. The van der Waals surface area contributed by atoms with Gasteiger partial charge in [-0.25, -0.2) is 14.5 Å². The lowest BCUT2D eigenvalue weighted by Crippen LogP contribution is -2.44. The normalized spacial score (nSPS) is 14.1. The number of carbonyl (C=O) groups excluding carboxylic acids is 4.